The third-order valence-electron chi connectivity index (χ3n) is 2.92. The average Bonchev–Trinajstić information content (AvgIpc) is 2.70. The summed E-state index contributed by atoms with van der Waals surface area (Å²) in [5.74, 6) is 0.0336. The zero-order valence-corrected chi connectivity index (χ0v) is 11.0. The van der Waals surface area contributed by atoms with Gasteiger partial charge in [0.1, 0.15) is 6.07 Å². The average molecular weight is 294 g/mol. The summed E-state index contributed by atoms with van der Waals surface area (Å²) >= 11 is 3.32. The molecule has 1 aromatic rings. The van der Waals surface area contributed by atoms with Gasteiger partial charge in [-0.2, -0.15) is 5.26 Å². The van der Waals surface area contributed by atoms with E-state index >= 15 is 0 Å². The van der Waals surface area contributed by atoms with Crippen molar-refractivity contribution < 1.29 is 4.79 Å². The SMILES string of the molecule is CNC1CCN(c2ccc(Br)cc2C#N)C1=O. The summed E-state index contributed by atoms with van der Waals surface area (Å²) in [4.78, 5) is 13.7. The van der Waals surface area contributed by atoms with Crippen molar-refractivity contribution >= 4 is 27.5 Å². The van der Waals surface area contributed by atoms with E-state index in [0.717, 1.165) is 10.9 Å². The van der Waals surface area contributed by atoms with E-state index in [1.54, 1.807) is 24.1 Å². The molecule has 1 amide bonds. The highest BCUT2D eigenvalue weighted by atomic mass is 79.9. The Morgan fingerprint density at radius 3 is 2.94 bits per heavy atom. The fourth-order valence-corrected chi connectivity index (χ4v) is 2.38. The Labute approximate surface area is 108 Å². The Bertz CT molecular complexity index is 495. The van der Waals surface area contributed by atoms with Gasteiger partial charge in [0.15, 0.2) is 0 Å². The van der Waals surface area contributed by atoms with Gasteiger partial charge in [-0.3, -0.25) is 4.79 Å². The minimum absolute atomic E-state index is 0.0336. The van der Waals surface area contributed by atoms with Gasteiger partial charge in [0.05, 0.1) is 17.3 Å². The first-order valence-corrected chi connectivity index (χ1v) is 6.15. The molecule has 5 heteroatoms. The molecule has 2 rings (SSSR count). The van der Waals surface area contributed by atoms with Crippen molar-refractivity contribution in [3.63, 3.8) is 0 Å². The smallest absolute Gasteiger partial charge is 0.244 e. The Morgan fingerprint density at radius 1 is 1.59 bits per heavy atom. The molecule has 0 aromatic heterocycles. The van der Waals surface area contributed by atoms with Crippen molar-refractivity contribution in [3.8, 4) is 6.07 Å². The van der Waals surface area contributed by atoms with Crippen LogP contribution >= 0.6 is 15.9 Å². The summed E-state index contributed by atoms with van der Waals surface area (Å²) in [5.41, 5.74) is 1.21. The molecule has 1 aliphatic rings. The molecule has 1 fully saturated rings. The number of hydrogen-bond donors (Lipinski definition) is 1. The van der Waals surface area contributed by atoms with Crippen molar-refractivity contribution in [1.29, 1.82) is 5.26 Å². The minimum atomic E-state index is -0.134. The summed E-state index contributed by atoms with van der Waals surface area (Å²) in [6, 6.07) is 7.37. The molecule has 1 aliphatic heterocycles. The van der Waals surface area contributed by atoms with Gasteiger partial charge >= 0.3 is 0 Å². The van der Waals surface area contributed by atoms with Crippen LogP contribution in [0.1, 0.15) is 12.0 Å². The largest absolute Gasteiger partial charge is 0.310 e. The fraction of sp³-hybridized carbons (Fsp3) is 0.333. The van der Waals surface area contributed by atoms with Crippen molar-refractivity contribution in [2.24, 2.45) is 0 Å². The van der Waals surface area contributed by atoms with Crippen LogP contribution in [0.15, 0.2) is 22.7 Å². The van der Waals surface area contributed by atoms with Gasteiger partial charge < -0.3 is 10.2 Å². The number of anilines is 1. The number of likely N-dealkylation sites (N-methyl/N-ethyl adjacent to an activating group) is 1. The van der Waals surface area contributed by atoms with Crippen LogP contribution in [0.5, 0.6) is 0 Å². The van der Waals surface area contributed by atoms with E-state index in [2.05, 4.69) is 27.3 Å². The minimum Gasteiger partial charge on any atom is -0.310 e. The standard InChI is InChI=1S/C12H12BrN3O/c1-15-10-4-5-16(12(10)17)11-3-2-9(13)6-8(11)7-14/h2-3,6,10,15H,4-5H2,1H3. The van der Waals surface area contributed by atoms with E-state index < -0.39 is 0 Å². The van der Waals surface area contributed by atoms with Gasteiger partial charge in [-0.05, 0) is 31.7 Å². The molecule has 17 heavy (non-hydrogen) atoms. The molecule has 4 nitrogen and oxygen atoms in total. The van der Waals surface area contributed by atoms with Crippen LogP contribution in [0, 0.1) is 11.3 Å². The molecule has 0 spiro atoms. The van der Waals surface area contributed by atoms with E-state index in [4.69, 9.17) is 5.26 Å². The Hall–Kier alpha value is -1.38. The summed E-state index contributed by atoms with van der Waals surface area (Å²) < 4.78 is 0.842. The van der Waals surface area contributed by atoms with Gasteiger partial charge in [-0.25, -0.2) is 0 Å². The second kappa shape index (κ2) is 4.86. The quantitative estimate of drug-likeness (QED) is 0.902. The molecular weight excluding hydrogens is 282 g/mol. The number of rotatable bonds is 2. The Kier molecular flexibility index (Phi) is 3.46. The molecule has 1 unspecified atom stereocenters. The zero-order valence-electron chi connectivity index (χ0n) is 9.40. The third-order valence-corrected chi connectivity index (χ3v) is 3.42. The maximum absolute atomic E-state index is 12.0. The number of amides is 1. The van der Waals surface area contributed by atoms with Crippen molar-refractivity contribution in [1.82, 2.24) is 5.32 Å². The molecule has 1 N–H and O–H groups in total. The van der Waals surface area contributed by atoms with Crippen LogP contribution in [0.2, 0.25) is 0 Å². The highest BCUT2D eigenvalue weighted by Crippen LogP contribution is 2.27. The van der Waals surface area contributed by atoms with Crippen LogP contribution in [0.3, 0.4) is 0 Å². The van der Waals surface area contributed by atoms with Crippen LogP contribution in [-0.2, 0) is 4.79 Å². The first-order chi connectivity index (χ1) is 8.17. The van der Waals surface area contributed by atoms with E-state index in [-0.39, 0.29) is 11.9 Å². The summed E-state index contributed by atoms with van der Waals surface area (Å²) in [5, 5.41) is 12.1. The van der Waals surface area contributed by atoms with Crippen molar-refractivity contribution in [2.45, 2.75) is 12.5 Å². The topological polar surface area (TPSA) is 56.1 Å². The first-order valence-electron chi connectivity index (χ1n) is 5.35. The summed E-state index contributed by atoms with van der Waals surface area (Å²) in [6.07, 6.45) is 0.774. The lowest BCUT2D eigenvalue weighted by atomic mass is 10.2. The molecule has 1 atom stereocenters. The molecule has 1 heterocycles. The van der Waals surface area contributed by atoms with Gasteiger partial charge in [0.25, 0.3) is 0 Å². The van der Waals surface area contributed by atoms with E-state index in [0.29, 0.717) is 17.8 Å². The van der Waals surface area contributed by atoms with E-state index in [9.17, 15) is 4.79 Å². The second-order valence-electron chi connectivity index (χ2n) is 3.89. The molecule has 0 aliphatic carbocycles. The fourth-order valence-electron chi connectivity index (χ4n) is 2.02. The second-order valence-corrected chi connectivity index (χ2v) is 4.81. The Balaban J connectivity index is 2.36. The number of nitrogens with one attached hydrogen (secondary N) is 1. The van der Waals surface area contributed by atoms with Crippen LogP contribution < -0.4 is 10.2 Å². The van der Waals surface area contributed by atoms with E-state index in [1.165, 1.54) is 0 Å². The normalized spacial score (nSPS) is 19.5. The number of carbonyl (C=O) groups excluding carboxylic acids is 1. The van der Waals surface area contributed by atoms with Gasteiger partial charge in [-0.1, -0.05) is 15.9 Å². The number of halogens is 1. The van der Waals surface area contributed by atoms with Gasteiger partial charge in [0.2, 0.25) is 5.91 Å². The monoisotopic (exact) mass is 293 g/mol. The summed E-state index contributed by atoms with van der Waals surface area (Å²) in [6.45, 7) is 0.653. The molecule has 1 aromatic carbocycles. The third kappa shape index (κ3) is 2.19. The van der Waals surface area contributed by atoms with Gasteiger partial charge in [-0.15, -0.1) is 0 Å². The molecule has 0 saturated carbocycles. The molecule has 0 bridgehead atoms. The number of hydrogen-bond acceptors (Lipinski definition) is 3. The Morgan fingerprint density at radius 2 is 2.35 bits per heavy atom. The van der Waals surface area contributed by atoms with E-state index in [1.807, 2.05) is 6.07 Å². The molecule has 0 radical (unpaired) electrons. The van der Waals surface area contributed by atoms with Crippen LogP contribution in [0.25, 0.3) is 0 Å². The van der Waals surface area contributed by atoms with Crippen LogP contribution in [0.4, 0.5) is 5.69 Å². The lowest BCUT2D eigenvalue weighted by Crippen LogP contribution is -2.36. The number of nitriles is 1. The highest BCUT2D eigenvalue weighted by Gasteiger charge is 2.32. The number of nitrogens with zero attached hydrogens (tertiary/aromatic N) is 2. The predicted octanol–water partition coefficient (Wildman–Crippen LogP) is 1.65. The number of carbonyl (C=O) groups is 1. The molecular formula is C12H12BrN3O. The highest BCUT2D eigenvalue weighted by molar-refractivity contribution is 9.10. The maximum atomic E-state index is 12.0. The van der Waals surface area contributed by atoms with Crippen LogP contribution in [-0.4, -0.2) is 25.5 Å². The zero-order chi connectivity index (χ0) is 12.4. The predicted molar refractivity (Wildman–Crippen MR) is 68.7 cm³/mol. The lowest BCUT2D eigenvalue weighted by molar-refractivity contribution is -0.118. The first kappa shape index (κ1) is 12.1. The molecule has 1 saturated heterocycles. The van der Waals surface area contributed by atoms with Crippen molar-refractivity contribution in [3.05, 3.63) is 28.2 Å². The molecule has 88 valence electrons. The lowest BCUT2D eigenvalue weighted by Gasteiger charge is -2.18. The van der Waals surface area contributed by atoms with Gasteiger partial charge in [0, 0.05) is 11.0 Å². The maximum Gasteiger partial charge on any atom is 0.244 e. The van der Waals surface area contributed by atoms with Crippen molar-refractivity contribution in [2.75, 3.05) is 18.5 Å². The number of benzene rings is 1. The summed E-state index contributed by atoms with van der Waals surface area (Å²) in [7, 11) is 1.78.